The molecule has 0 atom stereocenters. The third kappa shape index (κ3) is 4.31. The Morgan fingerprint density at radius 2 is 1.78 bits per heavy atom. The molecule has 1 saturated heterocycles. The van der Waals surface area contributed by atoms with E-state index in [1.165, 1.54) is 17.4 Å². The van der Waals surface area contributed by atoms with E-state index in [1.807, 2.05) is 13.8 Å². The topological polar surface area (TPSA) is 101 Å². The zero-order valence-electron chi connectivity index (χ0n) is 13.9. The molecule has 1 aromatic heterocycles. The van der Waals surface area contributed by atoms with Crippen LogP contribution >= 0.6 is 0 Å². The molecule has 0 aromatic carbocycles. The predicted octanol–water partition coefficient (Wildman–Crippen LogP) is 0.834. The van der Waals surface area contributed by atoms with Gasteiger partial charge in [0.2, 0.25) is 0 Å². The van der Waals surface area contributed by atoms with E-state index in [1.54, 1.807) is 0 Å². The molecule has 0 aliphatic carbocycles. The van der Waals surface area contributed by atoms with Crippen molar-refractivity contribution in [1.82, 2.24) is 14.5 Å². The Morgan fingerprint density at radius 1 is 1.17 bits per heavy atom. The molecular weight excluding hydrogens is 296 g/mol. The number of nitrogens with zero attached hydrogens (tertiary/aromatic N) is 2. The lowest BCUT2D eigenvalue weighted by molar-refractivity contribution is 0.0931. The number of aromatic nitrogens is 2. The fourth-order valence-electron chi connectivity index (χ4n) is 2.98. The SMILES string of the molecule is CC(C)Cn1c(N)c(C(=O)CN2CCCCCC2)c(=O)[nH]c1=O. The second-order valence-corrected chi connectivity index (χ2v) is 6.64. The van der Waals surface area contributed by atoms with E-state index in [-0.39, 0.29) is 29.6 Å². The standard InChI is InChI=1S/C16H26N4O3/c1-11(2)9-20-14(17)13(15(22)18-16(20)23)12(21)10-19-7-5-3-4-6-8-19/h11H,3-10,17H2,1-2H3,(H,18,22,23). The molecule has 1 aliphatic heterocycles. The van der Waals surface area contributed by atoms with Crippen molar-refractivity contribution in [2.45, 2.75) is 46.1 Å². The van der Waals surface area contributed by atoms with Gasteiger partial charge in [0.25, 0.3) is 5.56 Å². The van der Waals surface area contributed by atoms with Gasteiger partial charge in [-0.25, -0.2) is 4.79 Å². The van der Waals surface area contributed by atoms with Crippen LogP contribution in [-0.4, -0.2) is 39.9 Å². The Balaban J connectivity index is 2.28. The van der Waals surface area contributed by atoms with Crippen molar-refractivity contribution in [3.63, 3.8) is 0 Å². The number of hydrogen-bond acceptors (Lipinski definition) is 5. The number of aromatic amines is 1. The van der Waals surface area contributed by atoms with Gasteiger partial charge in [0, 0.05) is 6.54 Å². The molecule has 2 rings (SSSR count). The molecule has 0 unspecified atom stereocenters. The lowest BCUT2D eigenvalue weighted by atomic mass is 10.1. The summed E-state index contributed by atoms with van der Waals surface area (Å²) < 4.78 is 1.28. The first-order valence-electron chi connectivity index (χ1n) is 8.28. The number of anilines is 1. The van der Waals surface area contributed by atoms with Crippen molar-refractivity contribution < 1.29 is 4.79 Å². The molecule has 23 heavy (non-hydrogen) atoms. The van der Waals surface area contributed by atoms with Crippen LogP contribution in [0.25, 0.3) is 0 Å². The van der Waals surface area contributed by atoms with Crippen LogP contribution in [0.2, 0.25) is 0 Å². The van der Waals surface area contributed by atoms with Crippen molar-refractivity contribution in [3.05, 3.63) is 26.4 Å². The molecule has 1 aromatic rings. The van der Waals surface area contributed by atoms with Crippen LogP contribution in [0.15, 0.2) is 9.59 Å². The highest BCUT2D eigenvalue weighted by Gasteiger charge is 2.22. The van der Waals surface area contributed by atoms with Gasteiger partial charge in [-0.2, -0.15) is 0 Å². The quantitative estimate of drug-likeness (QED) is 0.782. The summed E-state index contributed by atoms with van der Waals surface area (Å²) in [4.78, 5) is 40.8. The van der Waals surface area contributed by atoms with Gasteiger partial charge in [-0.3, -0.25) is 24.0 Å². The van der Waals surface area contributed by atoms with Gasteiger partial charge in [-0.15, -0.1) is 0 Å². The molecule has 128 valence electrons. The van der Waals surface area contributed by atoms with Gasteiger partial charge < -0.3 is 5.73 Å². The maximum absolute atomic E-state index is 12.6. The minimum atomic E-state index is -0.688. The first kappa shape index (κ1) is 17.5. The number of Topliss-reactive ketones (excluding diaryl/α,β-unsaturated/α-hetero) is 1. The molecule has 7 heteroatoms. The highest BCUT2D eigenvalue weighted by molar-refractivity contribution is 6.01. The Morgan fingerprint density at radius 3 is 2.35 bits per heavy atom. The first-order chi connectivity index (χ1) is 10.9. The largest absolute Gasteiger partial charge is 0.384 e. The van der Waals surface area contributed by atoms with Crippen LogP contribution in [-0.2, 0) is 6.54 Å². The van der Waals surface area contributed by atoms with Crippen LogP contribution in [0.1, 0.15) is 49.9 Å². The lowest BCUT2D eigenvalue weighted by Gasteiger charge is -2.19. The van der Waals surface area contributed by atoms with Crippen LogP contribution in [0.3, 0.4) is 0 Å². The van der Waals surface area contributed by atoms with Gasteiger partial charge >= 0.3 is 5.69 Å². The maximum atomic E-state index is 12.6. The fraction of sp³-hybridized carbons (Fsp3) is 0.688. The summed E-state index contributed by atoms with van der Waals surface area (Å²) in [7, 11) is 0. The number of likely N-dealkylation sites (tertiary alicyclic amines) is 1. The fourth-order valence-corrected chi connectivity index (χ4v) is 2.98. The molecule has 3 N–H and O–H groups in total. The number of nitrogens with one attached hydrogen (secondary N) is 1. The number of carbonyl (C=O) groups is 1. The summed E-state index contributed by atoms with van der Waals surface area (Å²) in [6.45, 7) is 6.13. The normalized spacial score (nSPS) is 16.5. The number of hydrogen-bond donors (Lipinski definition) is 2. The molecule has 0 saturated carbocycles. The molecule has 0 bridgehead atoms. The third-order valence-electron chi connectivity index (χ3n) is 4.13. The molecule has 1 aliphatic rings. The number of nitrogen functional groups attached to an aromatic ring is 1. The highest BCUT2D eigenvalue weighted by Crippen LogP contribution is 2.12. The average Bonchev–Trinajstić information content (AvgIpc) is 2.71. The molecular formula is C16H26N4O3. The smallest absolute Gasteiger partial charge is 0.329 e. The monoisotopic (exact) mass is 322 g/mol. The molecule has 0 radical (unpaired) electrons. The number of rotatable bonds is 5. The number of carbonyl (C=O) groups excluding carboxylic acids is 1. The summed E-state index contributed by atoms with van der Waals surface area (Å²) in [6.07, 6.45) is 4.47. The van der Waals surface area contributed by atoms with E-state index in [0.29, 0.717) is 6.54 Å². The number of H-pyrrole nitrogens is 1. The van der Waals surface area contributed by atoms with Crippen LogP contribution < -0.4 is 17.0 Å². The molecule has 1 fully saturated rings. The van der Waals surface area contributed by atoms with Crippen LogP contribution in [0.5, 0.6) is 0 Å². The summed E-state index contributed by atoms with van der Waals surface area (Å²) in [5.41, 5.74) is 4.64. The first-order valence-corrected chi connectivity index (χ1v) is 8.28. The summed E-state index contributed by atoms with van der Waals surface area (Å²) in [5, 5.41) is 0. The molecule has 0 spiro atoms. The Kier molecular flexibility index (Phi) is 5.76. The van der Waals surface area contributed by atoms with E-state index >= 15 is 0 Å². The van der Waals surface area contributed by atoms with Gasteiger partial charge in [0.05, 0.1) is 6.54 Å². The third-order valence-corrected chi connectivity index (χ3v) is 4.13. The van der Waals surface area contributed by atoms with Crippen molar-refractivity contribution in [2.24, 2.45) is 5.92 Å². The van der Waals surface area contributed by atoms with Crippen molar-refractivity contribution in [3.8, 4) is 0 Å². The van der Waals surface area contributed by atoms with E-state index in [0.717, 1.165) is 25.9 Å². The molecule has 0 amide bonds. The zero-order chi connectivity index (χ0) is 17.0. The highest BCUT2D eigenvalue weighted by atomic mass is 16.2. The minimum Gasteiger partial charge on any atom is -0.384 e. The minimum absolute atomic E-state index is 0.0210. The molecule has 7 nitrogen and oxygen atoms in total. The van der Waals surface area contributed by atoms with Gasteiger partial charge in [-0.1, -0.05) is 26.7 Å². The number of ketones is 1. The van der Waals surface area contributed by atoms with E-state index in [4.69, 9.17) is 5.73 Å². The van der Waals surface area contributed by atoms with E-state index in [9.17, 15) is 14.4 Å². The second-order valence-electron chi connectivity index (χ2n) is 6.64. The Hall–Kier alpha value is -1.89. The van der Waals surface area contributed by atoms with Gasteiger partial charge in [0.15, 0.2) is 5.78 Å². The Bertz CT molecular complexity index is 667. The number of nitrogens with two attached hydrogens (primary N) is 1. The van der Waals surface area contributed by atoms with Crippen molar-refractivity contribution >= 4 is 11.6 Å². The van der Waals surface area contributed by atoms with Crippen molar-refractivity contribution in [2.75, 3.05) is 25.4 Å². The lowest BCUT2D eigenvalue weighted by Crippen LogP contribution is -2.40. The van der Waals surface area contributed by atoms with Gasteiger partial charge in [-0.05, 0) is 31.8 Å². The molecule has 2 heterocycles. The van der Waals surface area contributed by atoms with Gasteiger partial charge in [0.1, 0.15) is 11.4 Å². The summed E-state index contributed by atoms with van der Waals surface area (Å²) in [5.74, 6) is -0.162. The average molecular weight is 322 g/mol. The zero-order valence-corrected chi connectivity index (χ0v) is 13.9. The Labute approximate surface area is 135 Å². The van der Waals surface area contributed by atoms with E-state index < -0.39 is 11.2 Å². The van der Waals surface area contributed by atoms with Crippen molar-refractivity contribution in [1.29, 1.82) is 0 Å². The van der Waals surface area contributed by atoms with Crippen LogP contribution in [0, 0.1) is 5.92 Å². The van der Waals surface area contributed by atoms with Crippen LogP contribution in [0.4, 0.5) is 5.82 Å². The summed E-state index contributed by atoms with van der Waals surface area (Å²) in [6, 6.07) is 0. The maximum Gasteiger partial charge on any atom is 0.329 e. The van der Waals surface area contributed by atoms with E-state index in [2.05, 4.69) is 9.88 Å². The summed E-state index contributed by atoms with van der Waals surface area (Å²) >= 11 is 0. The second kappa shape index (κ2) is 7.59. The predicted molar refractivity (Wildman–Crippen MR) is 89.8 cm³/mol.